The van der Waals surface area contributed by atoms with E-state index in [1.54, 1.807) is 0 Å². The average molecular weight is 528 g/mol. The largest absolute Gasteiger partial charge is 0.228 e. The van der Waals surface area contributed by atoms with E-state index in [2.05, 4.69) is 105 Å². The number of allylic oxidation sites excluding steroid dienone is 4. The molecule has 2 aliphatic carbocycles. The maximum absolute atomic E-state index is 9.47. The molecule has 3 heteroatoms. The average Bonchev–Trinajstić information content (AvgIpc) is 3.27. The predicted molar refractivity (Wildman–Crippen MR) is 167 cm³/mol. The maximum Gasteiger partial charge on any atom is 0.160 e. The zero-order valence-electron chi connectivity index (χ0n) is 23.2. The molecule has 3 nitrogen and oxygen atoms in total. The number of hydrogen-bond donors (Lipinski definition) is 0. The van der Waals surface area contributed by atoms with E-state index in [0.717, 1.165) is 57.9 Å². The highest BCUT2D eigenvalue weighted by Crippen LogP contribution is 2.50. The summed E-state index contributed by atoms with van der Waals surface area (Å²) in [7, 11) is 0. The van der Waals surface area contributed by atoms with E-state index in [0.29, 0.717) is 5.56 Å². The zero-order valence-corrected chi connectivity index (χ0v) is 23.2. The smallest absolute Gasteiger partial charge is 0.160 e. The third-order valence-electron chi connectivity index (χ3n) is 8.35. The van der Waals surface area contributed by atoms with Crippen molar-refractivity contribution in [2.75, 3.05) is 0 Å². The lowest BCUT2D eigenvalue weighted by Gasteiger charge is -2.22. The van der Waals surface area contributed by atoms with E-state index < -0.39 is 0 Å². The van der Waals surface area contributed by atoms with Gasteiger partial charge in [0.25, 0.3) is 0 Å². The second kappa shape index (κ2) is 9.84. The molecule has 0 fully saturated rings. The number of hydrogen-bond acceptors (Lipinski definition) is 3. The molecular formula is C38H29N3. The van der Waals surface area contributed by atoms with Gasteiger partial charge in [0.05, 0.1) is 23.0 Å². The van der Waals surface area contributed by atoms with E-state index in [1.807, 2.05) is 30.3 Å². The Labute approximate surface area is 241 Å². The van der Waals surface area contributed by atoms with Gasteiger partial charge in [-0.15, -0.1) is 0 Å². The van der Waals surface area contributed by atoms with Crippen molar-refractivity contribution in [3.8, 4) is 51.0 Å². The molecule has 0 N–H and O–H groups in total. The highest BCUT2D eigenvalue weighted by molar-refractivity contribution is 5.85. The molecule has 0 unspecified atom stereocenters. The van der Waals surface area contributed by atoms with Crippen LogP contribution in [0.15, 0.2) is 115 Å². The van der Waals surface area contributed by atoms with Crippen molar-refractivity contribution in [2.24, 2.45) is 0 Å². The monoisotopic (exact) mass is 527 g/mol. The Morgan fingerprint density at radius 2 is 1.44 bits per heavy atom. The summed E-state index contributed by atoms with van der Waals surface area (Å²) in [4.78, 5) is 10.0. The first-order valence-electron chi connectivity index (χ1n) is 14.1. The first-order chi connectivity index (χ1) is 20.0. The predicted octanol–water partition coefficient (Wildman–Crippen LogP) is 9.39. The Bertz CT molecular complexity index is 1920. The van der Waals surface area contributed by atoms with Gasteiger partial charge in [0, 0.05) is 16.5 Å². The van der Waals surface area contributed by atoms with E-state index in [-0.39, 0.29) is 5.41 Å². The van der Waals surface area contributed by atoms with Crippen LogP contribution < -0.4 is 0 Å². The van der Waals surface area contributed by atoms with Gasteiger partial charge in [-0.05, 0) is 82.1 Å². The lowest BCUT2D eigenvalue weighted by Crippen LogP contribution is -2.15. The topological polar surface area (TPSA) is 49.6 Å². The van der Waals surface area contributed by atoms with Crippen molar-refractivity contribution >= 4 is 5.57 Å². The number of nitrogens with zero attached hydrogens (tertiary/aromatic N) is 3. The molecule has 5 aromatic rings. The highest BCUT2D eigenvalue weighted by Gasteiger charge is 2.35. The van der Waals surface area contributed by atoms with Gasteiger partial charge in [0.1, 0.15) is 0 Å². The molecule has 4 aromatic carbocycles. The molecule has 7 rings (SSSR count). The summed E-state index contributed by atoms with van der Waals surface area (Å²) in [6.45, 7) is 4.54. The minimum absolute atomic E-state index is 0.139. The van der Waals surface area contributed by atoms with Crippen LogP contribution in [0.25, 0.3) is 50.5 Å². The molecule has 0 aliphatic heterocycles. The number of benzene rings is 4. The number of rotatable bonds is 4. The molecule has 0 spiro atoms. The molecule has 41 heavy (non-hydrogen) atoms. The number of nitriles is 1. The highest BCUT2D eigenvalue weighted by atomic mass is 14.9. The normalized spacial score (nSPS) is 14.6. The zero-order chi connectivity index (χ0) is 28.0. The van der Waals surface area contributed by atoms with Crippen molar-refractivity contribution in [3.05, 3.63) is 138 Å². The van der Waals surface area contributed by atoms with Gasteiger partial charge >= 0.3 is 0 Å². The van der Waals surface area contributed by atoms with Crippen molar-refractivity contribution in [3.63, 3.8) is 0 Å². The molecule has 0 bridgehead atoms. The minimum atomic E-state index is -0.139. The van der Waals surface area contributed by atoms with Gasteiger partial charge in [-0.1, -0.05) is 98.8 Å². The van der Waals surface area contributed by atoms with E-state index in [9.17, 15) is 5.26 Å². The third kappa shape index (κ3) is 4.39. The van der Waals surface area contributed by atoms with Crippen molar-refractivity contribution in [1.82, 2.24) is 9.97 Å². The first kappa shape index (κ1) is 24.9. The second-order valence-electron chi connectivity index (χ2n) is 11.3. The van der Waals surface area contributed by atoms with Crippen molar-refractivity contribution in [1.29, 1.82) is 5.26 Å². The van der Waals surface area contributed by atoms with Crippen LogP contribution in [0.3, 0.4) is 0 Å². The summed E-state index contributed by atoms with van der Waals surface area (Å²) < 4.78 is 0. The van der Waals surface area contributed by atoms with Gasteiger partial charge in [-0.25, -0.2) is 9.97 Å². The van der Waals surface area contributed by atoms with Crippen LogP contribution in [0, 0.1) is 11.3 Å². The van der Waals surface area contributed by atoms with E-state index in [4.69, 9.17) is 9.97 Å². The number of fused-ring (bicyclic) bond motifs is 3. The Morgan fingerprint density at radius 1 is 0.659 bits per heavy atom. The maximum atomic E-state index is 9.47. The van der Waals surface area contributed by atoms with Crippen molar-refractivity contribution < 1.29 is 0 Å². The van der Waals surface area contributed by atoms with Crippen LogP contribution in [0.5, 0.6) is 0 Å². The fourth-order valence-electron chi connectivity index (χ4n) is 6.12. The summed E-state index contributed by atoms with van der Waals surface area (Å²) >= 11 is 0. The molecule has 2 aliphatic rings. The minimum Gasteiger partial charge on any atom is -0.228 e. The van der Waals surface area contributed by atoms with Crippen molar-refractivity contribution in [2.45, 2.75) is 32.1 Å². The van der Waals surface area contributed by atoms with Gasteiger partial charge in [0.15, 0.2) is 5.82 Å². The fourth-order valence-corrected chi connectivity index (χ4v) is 6.12. The Kier molecular flexibility index (Phi) is 5.98. The van der Waals surface area contributed by atoms with E-state index >= 15 is 0 Å². The summed E-state index contributed by atoms with van der Waals surface area (Å²) in [6, 6.07) is 36.0. The SMILES string of the molecule is CC1(C)c2ccc(C#N)cc2-c2ccc(-c3cccc(-c4cc(C5=CCCC=C5)nc(-c5ccccc5)n4)c3)cc21. The summed E-state index contributed by atoms with van der Waals surface area (Å²) in [5.41, 5.74) is 12.9. The first-order valence-corrected chi connectivity index (χ1v) is 14.1. The molecule has 0 saturated heterocycles. The van der Waals surface area contributed by atoms with Gasteiger partial charge in [-0.3, -0.25) is 0 Å². The van der Waals surface area contributed by atoms with Gasteiger partial charge < -0.3 is 0 Å². The van der Waals surface area contributed by atoms with Crippen LogP contribution in [0.1, 0.15) is 49.1 Å². The standard InChI is InChI=1S/C38H29N3/c1-38(2)33-19-16-25(24-39)20-32(33)31-18-17-29(22-34(31)38)28-14-9-15-30(21-28)36-23-35(26-10-5-3-6-11-26)40-37(41-36)27-12-7-4-8-13-27/h4-5,7-23H,3,6H2,1-2H3. The van der Waals surface area contributed by atoms with Crippen LogP contribution in [-0.4, -0.2) is 9.97 Å². The Morgan fingerprint density at radius 3 is 2.24 bits per heavy atom. The molecular weight excluding hydrogens is 498 g/mol. The third-order valence-corrected chi connectivity index (χ3v) is 8.35. The van der Waals surface area contributed by atoms with Gasteiger partial charge in [0.2, 0.25) is 0 Å². The fraction of sp³-hybridized carbons (Fsp3) is 0.132. The number of aromatic nitrogens is 2. The lowest BCUT2D eigenvalue weighted by atomic mass is 9.81. The van der Waals surface area contributed by atoms with Crippen LogP contribution >= 0.6 is 0 Å². The Hall–Kier alpha value is -5.07. The molecule has 0 saturated carbocycles. The van der Waals surface area contributed by atoms with Gasteiger partial charge in [-0.2, -0.15) is 5.26 Å². The second-order valence-corrected chi connectivity index (χ2v) is 11.3. The molecule has 1 aromatic heterocycles. The molecule has 196 valence electrons. The summed E-state index contributed by atoms with van der Waals surface area (Å²) in [5.74, 6) is 0.733. The van der Waals surface area contributed by atoms with Crippen LogP contribution in [0.4, 0.5) is 0 Å². The van der Waals surface area contributed by atoms with E-state index in [1.165, 1.54) is 22.3 Å². The molecule has 0 radical (unpaired) electrons. The quantitative estimate of drug-likeness (QED) is 0.234. The summed E-state index contributed by atoms with van der Waals surface area (Å²) in [5, 5.41) is 9.47. The molecule has 0 amide bonds. The summed E-state index contributed by atoms with van der Waals surface area (Å²) in [6.07, 6.45) is 8.75. The lowest BCUT2D eigenvalue weighted by molar-refractivity contribution is 0.660. The Balaban J connectivity index is 1.32. The molecule has 1 heterocycles. The van der Waals surface area contributed by atoms with Crippen LogP contribution in [0.2, 0.25) is 0 Å². The molecule has 0 atom stereocenters. The van der Waals surface area contributed by atoms with Crippen LogP contribution in [-0.2, 0) is 5.41 Å².